The first-order valence-electron chi connectivity index (χ1n) is 9.22. The van der Waals surface area contributed by atoms with Gasteiger partial charge in [-0.25, -0.2) is 4.98 Å². The van der Waals surface area contributed by atoms with E-state index in [2.05, 4.69) is 39.6 Å². The Morgan fingerprint density at radius 1 is 1.04 bits per heavy atom. The Balaban J connectivity index is 1.51. The minimum absolute atomic E-state index is 0.0943. The van der Waals surface area contributed by atoms with E-state index in [1.807, 2.05) is 36.4 Å². The molecule has 6 heteroatoms. The lowest BCUT2D eigenvalue weighted by Crippen LogP contribution is -2.11. The number of thioether (sulfide) groups is 1. The Morgan fingerprint density at radius 3 is 2.44 bits per heavy atom. The van der Waals surface area contributed by atoms with Crippen LogP contribution in [0.3, 0.4) is 0 Å². The summed E-state index contributed by atoms with van der Waals surface area (Å²) in [5.41, 5.74) is 3.92. The van der Waals surface area contributed by atoms with E-state index in [0.29, 0.717) is 5.56 Å². The number of nitrogens with zero attached hydrogens (tertiary/aromatic N) is 2. The van der Waals surface area contributed by atoms with Gasteiger partial charge in [0.15, 0.2) is 5.16 Å². The second-order valence-electron chi connectivity index (χ2n) is 6.38. The number of rotatable bonds is 9. The molecule has 27 heavy (non-hydrogen) atoms. The van der Waals surface area contributed by atoms with Crippen molar-refractivity contribution in [2.24, 2.45) is 0 Å². The highest BCUT2D eigenvalue weighted by molar-refractivity contribution is 7.98. The zero-order valence-electron chi connectivity index (χ0n) is 15.4. The lowest BCUT2D eigenvalue weighted by Gasteiger charge is -2.07. The van der Waals surface area contributed by atoms with Crippen LogP contribution in [-0.2, 0) is 12.2 Å². The highest BCUT2D eigenvalue weighted by Crippen LogP contribution is 2.19. The van der Waals surface area contributed by atoms with Gasteiger partial charge in [-0.15, -0.1) is 0 Å². The smallest absolute Gasteiger partial charge is 0.255 e. The first kappa shape index (κ1) is 19.2. The third-order valence-corrected chi connectivity index (χ3v) is 5.21. The summed E-state index contributed by atoms with van der Waals surface area (Å²) in [6, 6.07) is 15.8. The quantitative estimate of drug-likeness (QED) is 0.401. The van der Waals surface area contributed by atoms with Crippen molar-refractivity contribution in [3.8, 4) is 0 Å². The number of amides is 1. The van der Waals surface area contributed by atoms with Crippen LogP contribution >= 0.6 is 11.8 Å². The van der Waals surface area contributed by atoms with Gasteiger partial charge in [-0.3, -0.25) is 9.89 Å². The van der Waals surface area contributed by atoms with Crippen molar-refractivity contribution in [3.63, 3.8) is 0 Å². The average Bonchev–Trinajstić information content (AvgIpc) is 3.22. The molecular formula is C21H24N4OS. The molecule has 2 aromatic carbocycles. The van der Waals surface area contributed by atoms with Gasteiger partial charge < -0.3 is 5.32 Å². The highest BCUT2D eigenvalue weighted by atomic mass is 32.2. The van der Waals surface area contributed by atoms with E-state index >= 15 is 0 Å². The first-order chi connectivity index (χ1) is 13.2. The van der Waals surface area contributed by atoms with Gasteiger partial charge in [0, 0.05) is 17.0 Å². The number of aromatic amines is 1. The second-order valence-corrected chi connectivity index (χ2v) is 7.35. The average molecular weight is 381 g/mol. The van der Waals surface area contributed by atoms with E-state index in [4.69, 9.17) is 0 Å². The van der Waals surface area contributed by atoms with Crippen LogP contribution in [0.5, 0.6) is 0 Å². The van der Waals surface area contributed by atoms with Crippen LogP contribution < -0.4 is 5.32 Å². The maximum atomic E-state index is 12.4. The Morgan fingerprint density at radius 2 is 1.78 bits per heavy atom. The van der Waals surface area contributed by atoms with E-state index < -0.39 is 0 Å². The number of H-pyrrole nitrogens is 1. The van der Waals surface area contributed by atoms with Crippen LogP contribution in [0.15, 0.2) is 60.0 Å². The third kappa shape index (κ3) is 5.96. The molecule has 0 bridgehead atoms. The van der Waals surface area contributed by atoms with Gasteiger partial charge in [0.1, 0.15) is 6.33 Å². The number of hydrogen-bond donors (Lipinski definition) is 2. The Hall–Kier alpha value is -2.60. The van der Waals surface area contributed by atoms with Crippen molar-refractivity contribution in [2.45, 2.75) is 43.5 Å². The van der Waals surface area contributed by atoms with Crippen molar-refractivity contribution < 1.29 is 4.79 Å². The lowest BCUT2D eigenvalue weighted by atomic mass is 10.1. The number of carbonyl (C=O) groups excluding carboxylic acids is 1. The molecule has 0 radical (unpaired) electrons. The van der Waals surface area contributed by atoms with Crippen LogP contribution in [0.4, 0.5) is 5.69 Å². The molecule has 1 aromatic heterocycles. The lowest BCUT2D eigenvalue weighted by molar-refractivity contribution is 0.102. The van der Waals surface area contributed by atoms with Gasteiger partial charge in [0.2, 0.25) is 0 Å². The molecule has 0 spiro atoms. The Bertz CT molecular complexity index is 830. The molecule has 0 aliphatic heterocycles. The maximum Gasteiger partial charge on any atom is 0.255 e. The molecule has 0 fully saturated rings. The predicted molar refractivity (Wildman–Crippen MR) is 110 cm³/mol. The van der Waals surface area contributed by atoms with Crippen LogP contribution in [0.2, 0.25) is 0 Å². The van der Waals surface area contributed by atoms with Crippen LogP contribution in [0.1, 0.15) is 47.7 Å². The molecular weight excluding hydrogens is 356 g/mol. The fourth-order valence-electron chi connectivity index (χ4n) is 2.70. The molecule has 0 saturated carbocycles. The molecule has 0 atom stereocenters. The molecule has 0 aliphatic rings. The molecule has 1 amide bonds. The SMILES string of the molecule is CCCCCc1ccc(NC(=O)c2ccc(CSc3ncn[nH]3)cc2)cc1. The van der Waals surface area contributed by atoms with E-state index in [1.54, 1.807) is 11.8 Å². The third-order valence-electron chi connectivity index (χ3n) is 4.27. The molecule has 0 aliphatic carbocycles. The first-order valence-corrected chi connectivity index (χ1v) is 10.2. The fraction of sp³-hybridized carbons (Fsp3) is 0.286. The molecule has 1 heterocycles. The van der Waals surface area contributed by atoms with Gasteiger partial charge in [0.05, 0.1) is 0 Å². The minimum Gasteiger partial charge on any atom is -0.322 e. The van der Waals surface area contributed by atoms with Crippen LogP contribution in [0.25, 0.3) is 0 Å². The molecule has 140 valence electrons. The molecule has 3 aromatic rings. The van der Waals surface area contributed by atoms with E-state index in [0.717, 1.165) is 28.6 Å². The zero-order valence-corrected chi connectivity index (χ0v) is 16.3. The van der Waals surface area contributed by atoms with Crippen LogP contribution in [-0.4, -0.2) is 21.1 Å². The highest BCUT2D eigenvalue weighted by Gasteiger charge is 2.07. The number of hydrogen-bond acceptors (Lipinski definition) is 4. The van der Waals surface area contributed by atoms with Gasteiger partial charge in [-0.2, -0.15) is 5.10 Å². The molecule has 3 rings (SSSR count). The van der Waals surface area contributed by atoms with Crippen molar-refractivity contribution in [3.05, 3.63) is 71.5 Å². The number of aryl methyl sites for hydroxylation is 1. The van der Waals surface area contributed by atoms with Gasteiger partial charge in [-0.05, 0) is 48.2 Å². The van der Waals surface area contributed by atoms with E-state index in [-0.39, 0.29) is 5.91 Å². The molecule has 2 N–H and O–H groups in total. The predicted octanol–water partition coefficient (Wildman–Crippen LogP) is 5.08. The summed E-state index contributed by atoms with van der Waals surface area (Å²) in [4.78, 5) is 16.5. The van der Waals surface area contributed by atoms with Gasteiger partial charge in [0.25, 0.3) is 5.91 Å². The monoisotopic (exact) mass is 380 g/mol. The number of unbranched alkanes of at least 4 members (excludes halogenated alkanes) is 2. The van der Waals surface area contributed by atoms with Crippen molar-refractivity contribution >= 4 is 23.4 Å². The summed E-state index contributed by atoms with van der Waals surface area (Å²) < 4.78 is 0. The summed E-state index contributed by atoms with van der Waals surface area (Å²) in [6.45, 7) is 2.21. The normalized spacial score (nSPS) is 10.7. The van der Waals surface area contributed by atoms with Gasteiger partial charge in [-0.1, -0.05) is 55.8 Å². The van der Waals surface area contributed by atoms with E-state index in [1.165, 1.54) is 31.2 Å². The largest absolute Gasteiger partial charge is 0.322 e. The minimum atomic E-state index is -0.0943. The molecule has 0 unspecified atom stereocenters. The van der Waals surface area contributed by atoms with Crippen molar-refractivity contribution in [2.75, 3.05) is 5.32 Å². The zero-order chi connectivity index (χ0) is 18.9. The molecule has 0 saturated heterocycles. The number of carbonyl (C=O) groups is 1. The summed E-state index contributed by atoms with van der Waals surface area (Å²) in [7, 11) is 0. The number of benzene rings is 2. The summed E-state index contributed by atoms with van der Waals surface area (Å²) in [5.74, 6) is 0.680. The summed E-state index contributed by atoms with van der Waals surface area (Å²) in [6.07, 6.45) is 6.28. The number of nitrogens with one attached hydrogen (secondary N) is 2. The van der Waals surface area contributed by atoms with Crippen molar-refractivity contribution in [1.29, 1.82) is 0 Å². The maximum absolute atomic E-state index is 12.4. The van der Waals surface area contributed by atoms with Crippen molar-refractivity contribution in [1.82, 2.24) is 15.2 Å². The fourth-order valence-corrected chi connectivity index (χ4v) is 3.44. The topological polar surface area (TPSA) is 70.7 Å². The number of aromatic nitrogens is 3. The van der Waals surface area contributed by atoms with Gasteiger partial charge >= 0.3 is 0 Å². The summed E-state index contributed by atoms with van der Waals surface area (Å²) >= 11 is 1.58. The Labute approximate surface area is 164 Å². The summed E-state index contributed by atoms with van der Waals surface area (Å²) in [5, 5.41) is 10.4. The van der Waals surface area contributed by atoms with E-state index in [9.17, 15) is 4.79 Å². The second kappa shape index (κ2) is 9.92. The number of anilines is 1. The molecule has 5 nitrogen and oxygen atoms in total. The van der Waals surface area contributed by atoms with Crippen LogP contribution in [0, 0.1) is 0 Å². The Kier molecular flexibility index (Phi) is 7.04. The standard InChI is InChI=1S/C21H24N4OS/c1-2-3-4-5-16-8-12-19(13-9-16)24-20(26)18-10-6-17(7-11-18)14-27-21-22-15-23-25-21/h6-13,15H,2-5,14H2,1H3,(H,24,26)(H,22,23,25).